The zero-order valence-corrected chi connectivity index (χ0v) is 19.4. The Kier molecular flexibility index (Phi) is 9.57. The second-order valence-corrected chi connectivity index (χ2v) is 8.53. The van der Waals surface area contributed by atoms with Gasteiger partial charge in [-0.1, -0.05) is 11.8 Å². The summed E-state index contributed by atoms with van der Waals surface area (Å²) in [6.45, 7) is 11.3. The van der Waals surface area contributed by atoms with Crippen LogP contribution in [0.1, 0.15) is 58.8 Å². The summed E-state index contributed by atoms with van der Waals surface area (Å²) in [6, 6.07) is 0.472. The molecule has 0 bridgehead atoms. The van der Waals surface area contributed by atoms with E-state index in [0.717, 1.165) is 36.5 Å². The van der Waals surface area contributed by atoms with Gasteiger partial charge < -0.3 is 20.3 Å². The fraction of sp³-hybridized carbons (Fsp3) is 0.636. The molecule has 1 saturated carbocycles. The Hall–Kier alpha value is -2.82. The number of amides is 2. The Labute approximate surface area is 180 Å². The molecule has 1 aromatic heterocycles. The first-order valence-corrected chi connectivity index (χ1v) is 10.1. The molecule has 2 amide bonds. The maximum Gasteiger partial charge on any atom is 0.410 e. The molecule has 2 rings (SSSR count). The quantitative estimate of drug-likeness (QED) is 0.578. The first-order valence-electron chi connectivity index (χ1n) is 10.1. The maximum atomic E-state index is 11.3. The average molecular weight is 418 g/mol. The van der Waals surface area contributed by atoms with Crippen molar-refractivity contribution < 1.29 is 14.3 Å². The molecule has 0 saturated heterocycles. The lowest BCUT2D eigenvalue weighted by atomic mass is 9.81. The molecule has 0 aliphatic heterocycles. The number of carbonyl (C=O) groups is 2. The highest BCUT2D eigenvalue weighted by Gasteiger charge is 2.26. The van der Waals surface area contributed by atoms with Crippen LogP contribution in [-0.4, -0.2) is 59.2 Å². The van der Waals surface area contributed by atoms with Gasteiger partial charge in [0.25, 0.3) is 0 Å². The van der Waals surface area contributed by atoms with Gasteiger partial charge in [-0.2, -0.15) is 0 Å². The Balaban J connectivity index is 0.000000329. The van der Waals surface area contributed by atoms with Crippen molar-refractivity contribution in [2.75, 3.05) is 19.4 Å². The number of hydrogen-bond donors (Lipinski definition) is 2. The molecule has 1 aromatic rings. The van der Waals surface area contributed by atoms with E-state index in [4.69, 9.17) is 4.74 Å². The van der Waals surface area contributed by atoms with Crippen molar-refractivity contribution in [3.8, 4) is 11.8 Å². The van der Waals surface area contributed by atoms with E-state index in [2.05, 4.69) is 32.4 Å². The van der Waals surface area contributed by atoms with Gasteiger partial charge in [0.15, 0.2) is 0 Å². The van der Waals surface area contributed by atoms with Crippen molar-refractivity contribution in [2.45, 2.75) is 72.1 Å². The van der Waals surface area contributed by atoms with Crippen molar-refractivity contribution in [1.82, 2.24) is 20.2 Å². The van der Waals surface area contributed by atoms with Crippen LogP contribution in [0, 0.1) is 24.7 Å². The molecule has 0 aromatic carbocycles. The molecule has 30 heavy (non-hydrogen) atoms. The van der Waals surface area contributed by atoms with Crippen LogP contribution in [-0.2, 0) is 9.53 Å². The second-order valence-electron chi connectivity index (χ2n) is 8.53. The number of nitrogens with one attached hydrogen (secondary N) is 2. The van der Waals surface area contributed by atoms with E-state index in [9.17, 15) is 9.59 Å². The minimum atomic E-state index is -0.403. The van der Waals surface area contributed by atoms with Crippen LogP contribution in [0.15, 0.2) is 6.20 Å². The molecule has 8 heteroatoms. The van der Waals surface area contributed by atoms with Crippen molar-refractivity contribution in [1.29, 1.82) is 0 Å². The van der Waals surface area contributed by atoms with Crippen LogP contribution >= 0.6 is 0 Å². The molecular formula is C22H35N5O3. The number of aryl methyl sites for hydroxylation is 1. The zero-order valence-electron chi connectivity index (χ0n) is 19.4. The van der Waals surface area contributed by atoms with E-state index in [1.807, 2.05) is 48.6 Å². The van der Waals surface area contributed by atoms with Gasteiger partial charge in [0.1, 0.15) is 17.2 Å². The zero-order chi connectivity index (χ0) is 22.9. The molecule has 1 fully saturated rings. The molecule has 0 spiro atoms. The van der Waals surface area contributed by atoms with Gasteiger partial charge in [0.05, 0.1) is 5.56 Å². The molecule has 0 radical (unpaired) electrons. The van der Waals surface area contributed by atoms with Crippen LogP contribution < -0.4 is 10.6 Å². The van der Waals surface area contributed by atoms with Crippen LogP contribution in [0.25, 0.3) is 0 Å². The normalized spacial score (nSPS) is 17.4. The summed E-state index contributed by atoms with van der Waals surface area (Å²) in [6.07, 6.45) is 4.07. The first-order chi connectivity index (χ1) is 14.0. The predicted octanol–water partition coefficient (Wildman–Crippen LogP) is 2.96. The van der Waals surface area contributed by atoms with E-state index in [1.165, 1.54) is 0 Å². The number of anilines is 1. The molecule has 166 valence electrons. The Morgan fingerprint density at radius 2 is 2.00 bits per heavy atom. The molecule has 1 aliphatic rings. The van der Waals surface area contributed by atoms with Crippen molar-refractivity contribution >= 4 is 18.3 Å². The molecule has 1 heterocycles. The molecular weight excluding hydrogens is 382 g/mol. The molecule has 0 unspecified atom stereocenters. The summed E-state index contributed by atoms with van der Waals surface area (Å²) >= 11 is 0. The number of carbonyl (C=O) groups excluding carboxylic acids is 2. The first kappa shape index (κ1) is 25.2. The summed E-state index contributed by atoms with van der Waals surface area (Å²) in [5, 5.41) is 5.77. The number of rotatable bonds is 4. The van der Waals surface area contributed by atoms with Crippen LogP contribution in [0.5, 0.6) is 0 Å². The topological polar surface area (TPSA) is 96.4 Å². The highest BCUT2D eigenvalue weighted by molar-refractivity contribution is 5.68. The van der Waals surface area contributed by atoms with Gasteiger partial charge in [-0.05, 0) is 54.4 Å². The predicted molar refractivity (Wildman–Crippen MR) is 118 cm³/mol. The highest BCUT2D eigenvalue weighted by atomic mass is 16.6. The molecule has 8 nitrogen and oxygen atoms in total. The van der Waals surface area contributed by atoms with Crippen molar-refractivity contribution in [2.24, 2.45) is 5.92 Å². The van der Waals surface area contributed by atoms with Crippen LogP contribution in [0.4, 0.5) is 10.6 Å². The van der Waals surface area contributed by atoms with Gasteiger partial charge in [-0.25, -0.2) is 14.8 Å². The third kappa shape index (κ3) is 8.68. The molecule has 0 atom stereocenters. The summed E-state index contributed by atoms with van der Waals surface area (Å²) < 4.78 is 5.15. The number of nitrogens with zero attached hydrogens (tertiary/aromatic N) is 3. The summed E-state index contributed by atoms with van der Waals surface area (Å²) in [5.74, 6) is 8.14. The van der Waals surface area contributed by atoms with Crippen LogP contribution in [0.3, 0.4) is 0 Å². The third-order valence-electron chi connectivity index (χ3n) is 4.45. The Morgan fingerprint density at radius 1 is 1.37 bits per heavy atom. The van der Waals surface area contributed by atoms with Crippen molar-refractivity contribution in [3.05, 3.63) is 17.6 Å². The number of aromatic nitrogens is 2. The molecule has 2 N–H and O–H groups in total. The van der Waals surface area contributed by atoms with E-state index >= 15 is 0 Å². The Morgan fingerprint density at radius 3 is 2.50 bits per heavy atom. The summed E-state index contributed by atoms with van der Waals surface area (Å²) in [4.78, 5) is 31.5. The standard InChI is InChI=1S/C13H16N4O.C9H19NO2/c1-9-15-7-11(13(14-2)17-9)4-3-10-5-12(6-10)16-8-18;1-7(2)10(6)8(11)12-9(3,4)5/h7-8,10,12H,5-6H2,1-2H3,(H,16,18)(H,14,15,17);7H,1-6H3. The monoisotopic (exact) mass is 417 g/mol. The van der Waals surface area contributed by atoms with Gasteiger partial charge in [-0.15, -0.1) is 0 Å². The summed E-state index contributed by atoms with van der Waals surface area (Å²) in [7, 11) is 3.55. The van der Waals surface area contributed by atoms with Gasteiger partial charge in [0, 0.05) is 38.3 Å². The summed E-state index contributed by atoms with van der Waals surface area (Å²) in [5.41, 5.74) is 0.412. The van der Waals surface area contributed by atoms with Gasteiger partial charge >= 0.3 is 6.09 Å². The minimum Gasteiger partial charge on any atom is -0.444 e. The van der Waals surface area contributed by atoms with E-state index in [-0.39, 0.29) is 12.1 Å². The van der Waals surface area contributed by atoms with Crippen LogP contribution in [0.2, 0.25) is 0 Å². The number of hydrogen-bond acceptors (Lipinski definition) is 6. The fourth-order valence-corrected chi connectivity index (χ4v) is 2.44. The SMILES string of the molecule is CC(C)N(C)C(=O)OC(C)(C)C.CNc1nc(C)ncc1C#CC1CC(NC=O)C1. The van der Waals surface area contributed by atoms with E-state index in [0.29, 0.717) is 12.0 Å². The minimum absolute atomic E-state index is 0.180. The van der Waals surface area contributed by atoms with Crippen molar-refractivity contribution in [3.63, 3.8) is 0 Å². The largest absolute Gasteiger partial charge is 0.444 e. The fourth-order valence-electron chi connectivity index (χ4n) is 2.44. The van der Waals surface area contributed by atoms with Gasteiger partial charge in [-0.3, -0.25) is 4.79 Å². The average Bonchev–Trinajstić information content (AvgIpc) is 2.62. The maximum absolute atomic E-state index is 11.3. The third-order valence-corrected chi connectivity index (χ3v) is 4.45. The number of ether oxygens (including phenoxy) is 1. The molecule has 1 aliphatic carbocycles. The van der Waals surface area contributed by atoms with Gasteiger partial charge in [0.2, 0.25) is 6.41 Å². The Bertz CT molecular complexity index is 771. The lowest BCUT2D eigenvalue weighted by molar-refractivity contribution is -0.110. The van der Waals surface area contributed by atoms with E-state index < -0.39 is 5.60 Å². The second kappa shape index (κ2) is 11.4. The smallest absolute Gasteiger partial charge is 0.410 e. The lowest BCUT2D eigenvalue weighted by Crippen LogP contribution is -2.39. The van der Waals surface area contributed by atoms with E-state index in [1.54, 1.807) is 18.1 Å². The highest BCUT2D eigenvalue weighted by Crippen LogP contribution is 2.26. The lowest BCUT2D eigenvalue weighted by Gasteiger charge is -2.30.